The molecule has 0 aromatic rings. The van der Waals surface area contributed by atoms with Crippen LogP contribution in [0, 0.1) is 5.92 Å². The fourth-order valence-electron chi connectivity index (χ4n) is 3.38. The van der Waals surface area contributed by atoms with Crippen LogP contribution in [0.15, 0.2) is 0 Å². The minimum absolute atomic E-state index is 0.0277. The lowest BCUT2D eigenvalue weighted by Gasteiger charge is -2.38. The van der Waals surface area contributed by atoms with Gasteiger partial charge in [-0.1, -0.05) is 0 Å². The monoisotopic (exact) mass is 343 g/mol. The van der Waals surface area contributed by atoms with Crippen LogP contribution in [0.3, 0.4) is 0 Å². The third-order valence-electron chi connectivity index (χ3n) is 5.09. The lowest BCUT2D eigenvalue weighted by Crippen LogP contribution is -2.53. The van der Waals surface area contributed by atoms with Crippen molar-refractivity contribution < 1.29 is 26.3 Å². The zero-order valence-electron chi connectivity index (χ0n) is 12.8. The van der Waals surface area contributed by atoms with E-state index in [0.29, 0.717) is 45.4 Å². The Kier molecular flexibility index (Phi) is 5.44. The maximum Gasteiger partial charge on any atom is 0.391 e. The molecule has 1 aliphatic heterocycles. The van der Waals surface area contributed by atoms with E-state index in [9.17, 15) is 21.6 Å². The Hall–Kier alpha value is -0.340. The van der Waals surface area contributed by atoms with Gasteiger partial charge in [0.25, 0.3) is 0 Å². The molecule has 1 saturated heterocycles. The van der Waals surface area contributed by atoms with Gasteiger partial charge in [0.15, 0.2) is 9.84 Å². The van der Waals surface area contributed by atoms with Gasteiger partial charge in [-0.3, -0.25) is 0 Å². The average molecular weight is 343 g/mol. The molecule has 0 bridgehead atoms. The second-order valence-corrected chi connectivity index (χ2v) is 8.95. The summed E-state index contributed by atoms with van der Waals surface area (Å²) in [5, 5.41) is 3.21. The highest BCUT2D eigenvalue weighted by Crippen LogP contribution is 2.38. The molecule has 2 fully saturated rings. The Morgan fingerprint density at radius 2 is 1.68 bits per heavy atom. The Bertz CT molecular complexity index is 464. The Labute approximate surface area is 129 Å². The first-order chi connectivity index (χ1) is 10.1. The van der Waals surface area contributed by atoms with E-state index < -0.39 is 26.7 Å². The van der Waals surface area contributed by atoms with Crippen LogP contribution in [-0.4, -0.2) is 51.4 Å². The van der Waals surface area contributed by atoms with Gasteiger partial charge < -0.3 is 10.1 Å². The van der Waals surface area contributed by atoms with E-state index in [1.165, 1.54) is 6.26 Å². The summed E-state index contributed by atoms with van der Waals surface area (Å²) in [5.74, 6) is -1.21. The summed E-state index contributed by atoms with van der Waals surface area (Å²) in [5.41, 5.74) is 0. The van der Waals surface area contributed by atoms with Crippen LogP contribution >= 0.6 is 0 Å². The van der Waals surface area contributed by atoms with Crippen molar-refractivity contribution in [2.75, 3.05) is 26.0 Å². The zero-order chi connectivity index (χ0) is 16.4. The molecule has 0 aromatic heterocycles. The molecular weight excluding hydrogens is 319 g/mol. The van der Waals surface area contributed by atoms with E-state index in [0.717, 1.165) is 0 Å². The highest BCUT2D eigenvalue weighted by Gasteiger charge is 2.44. The summed E-state index contributed by atoms with van der Waals surface area (Å²) in [6.07, 6.45) is -0.860. The molecule has 22 heavy (non-hydrogen) atoms. The van der Waals surface area contributed by atoms with E-state index in [4.69, 9.17) is 4.74 Å². The second kappa shape index (κ2) is 6.65. The molecule has 0 amide bonds. The van der Waals surface area contributed by atoms with E-state index in [1.807, 2.05) is 0 Å². The van der Waals surface area contributed by atoms with Crippen LogP contribution in [0.4, 0.5) is 13.2 Å². The summed E-state index contributed by atoms with van der Waals surface area (Å²) in [7, 11) is -3.24. The van der Waals surface area contributed by atoms with Crippen LogP contribution in [-0.2, 0) is 14.6 Å². The Morgan fingerprint density at radius 3 is 2.14 bits per heavy atom. The van der Waals surface area contributed by atoms with Crippen molar-refractivity contribution in [3.05, 3.63) is 0 Å². The molecule has 1 heterocycles. The summed E-state index contributed by atoms with van der Waals surface area (Å²) in [6, 6.07) is -0.0277. The second-order valence-electron chi connectivity index (χ2n) is 6.54. The first-order valence-corrected chi connectivity index (χ1v) is 9.61. The van der Waals surface area contributed by atoms with E-state index >= 15 is 0 Å². The smallest absolute Gasteiger partial charge is 0.381 e. The number of rotatable bonds is 4. The number of ether oxygens (including phenoxy) is 1. The fourth-order valence-corrected chi connectivity index (χ4v) is 4.63. The predicted molar refractivity (Wildman–Crippen MR) is 77.4 cm³/mol. The maximum atomic E-state index is 12.6. The summed E-state index contributed by atoms with van der Waals surface area (Å²) < 4.78 is 66.6. The number of halogens is 3. The van der Waals surface area contributed by atoms with Crippen molar-refractivity contribution in [3.63, 3.8) is 0 Å². The topological polar surface area (TPSA) is 55.4 Å². The minimum atomic E-state index is -4.11. The Balaban J connectivity index is 1.89. The van der Waals surface area contributed by atoms with Crippen molar-refractivity contribution in [1.29, 1.82) is 0 Å². The first kappa shape index (κ1) is 18.0. The molecule has 1 aliphatic carbocycles. The Morgan fingerprint density at radius 1 is 1.14 bits per heavy atom. The normalized spacial score (nSPS) is 30.2. The average Bonchev–Trinajstić information content (AvgIpc) is 2.44. The zero-order valence-corrected chi connectivity index (χ0v) is 13.6. The number of hydrogen-bond acceptors (Lipinski definition) is 4. The third-order valence-corrected chi connectivity index (χ3v) is 7.22. The largest absolute Gasteiger partial charge is 0.391 e. The van der Waals surface area contributed by atoms with Crippen molar-refractivity contribution in [1.82, 2.24) is 5.32 Å². The number of sulfone groups is 1. The van der Waals surface area contributed by atoms with Crippen molar-refractivity contribution in [2.45, 2.75) is 55.5 Å². The molecule has 0 atom stereocenters. The fraction of sp³-hybridized carbons (Fsp3) is 1.00. The summed E-state index contributed by atoms with van der Waals surface area (Å²) >= 11 is 0. The van der Waals surface area contributed by atoms with E-state index in [1.54, 1.807) is 0 Å². The van der Waals surface area contributed by atoms with Gasteiger partial charge in [0.1, 0.15) is 0 Å². The highest BCUT2D eigenvalue weighted by molar-refractivity contribution is 7.92. The number of hydrogen-bond donors (Lipinski definition) is 1. The summed E-state index contributed by atoms with van der Waals surface area (Å²) in [6.45, 7) is 1.13. The lowest BCUT2D eigenvalue weighted by atomic mass is 9.85. The van der Waals surface area contributed by atoms with Crippen LogP contribution < -0.4 is 5.32 Å². The van der Waals surface area contributed by atoms with Crippen LogP contribution in [0.2, 0.25) is 0 Å². The lowest BCUT2D eigenvalue weighted by molar-refractivity contribution is -0.182. The van der Waals surface area contributed by atoms with Crippen LogP contribution in [0.1, 0.15) is 38.5 Å². The van der Waals surface area contributed by atoms with Crippen molar-refractivity contribution in [2.24, 2.45) is 5.92 Å². The quantitative estimate of drug-likeness (QED) is 0.851. The molecule has 0 unspecified atom stereocenters. The molecule has 1 N–H and O–H groups in total. The molecule has 1 saturated carbocycles. The van der Waals surface area contributed by atoms with Gasteiger partial charge in [0.05, 0.1) is 10.7 Å². The third kappa shape index (κ3) is 4.14. The van der Waals surface area contributed by atoms with Crippen LogP contribution in [0.5, 0.6) is 0 Å². The molecule has 0 radical (unpaired) electrons. The number of nitrogens with one attached hydrogen (secondary N) is 1. The molecule has 130 valence electrons. The molecule has 4 nitrogen and oxygen atoms in total. The molecular formula is C14H24F3NO3S. The van der Waals surface area contributed by atoms with Gasteiger partial charge in [-0.15, -0.1) is 0 Å². The van der Waals surface area contributed by atoms with Gasteiger partial charge in [-0.05, 0) is 38.5 Å². The predicted octanol–water partition coefficient (Wildman–Crippen LogP) is 2.29. The number of alkyl halides is 3. The maximum absolute atomic E-state index is 12.6. The minimum Gasteiger partial charge on any atom is -0.381 e. The van der Waals surface area contributed by atoms with Gasteiger partial charge in [-0.2, -0.15) is 13.2 Å². The molecule has 2 rings (SSSR count). The van der Waals surface area contributed by atoms with Crippen molar-refractivity contribution >= 4 is 9.84 Å². The standard InChI is InChI=1S/C14H24F3NO3S/c1-22(19,20)13(6-8-21-9-7-13)10-18-12-4-2-11(3-5-12)14(15,16)17/h11-12,18H,2-10H2,1H3. The first-order valence-electron chi connectivity index (χ1n) is 7.71. The highest BCUT2D eigenvalue weighted by atomic mass is 32.2. The molecule has 2 aliphatic rings. The van der Waals surface area contributed by atoms with Crippen LogP contribution in [0.25, 0.3) is 0 Å². The van der Waals surface area contributed by atoms with E-state index in [2.05, 4.69) is 5.32 Å². The molecule has 0 spiro atoms. The van der Waals surface area contributed by atoms with Gasteiger partial charge in [-0.25, -0.2) is 8.42 Å². The van der Waals surface area contributed by atoms with Gasteiger partial charge >= 0.3 is 6.18 Å². The molecule has 8 heteroatoms. The summed E-state index contributed by atoms with van der Waals surface area (Å²) in [4.78, 5) is 0. The SMILES string of the molecule is CS(=O)(=O)C1(CNC2CCC(C(F)(F)F)CC2)CCOCC1. The molecule has 0 aromatic carbocycles. The van der Waals surface area contributed by atoms with E-state index in [-0.39, 0.29) is 18.9 Å². The van der Waals surface area contributed by atoms with Crippen molar-refractivity contribution in [3.8, 4) is 0 Å². The van der Waals surface area contributed by atoms with Gasteiger partial charge in [0.2, 0.25) is 0 Å². The van der Waals surface area contributed by atoms with Gasteiger partial charge in [0, 0.05) is 32.1 Å².